The van der Waals surface area contributed by atoms with Crippen molar-refractivity contribution in [3.63, 3.8) is 0 Å². The molecule has 1 nitrogen and oxygen atoms in total. The molecule has 8 rings (SSSR count). The van der Waals surface area contributed by atoms with Crippen molar-refractivity contribution in [1.82, 2.24) is 0 Å². The van der Waals surface area contributed by atoms with Crippen LogP contribution in [-0.4, -0.2) is 0 Å². The average molecular weight is 690 g/mol. The summed E-state index contributed by atoms with van der Waals surface area (Å²) < 4.78 is 0. The third-order valence-electron chi connectivity index (χ3n) is 11.3. The zero-order chi connectivity index (χ0) is 35.8. The van der Waals surface area contributed by atoms with Gasteiger partial charge in [0.25, 0.3) is 0 Å². The third-order valence-corrected chi connectivity index (χ3v) is 11.3. The molecule has 0 fully saturated rings. The molecule has 1 heteroatoms. The molecule has 0 radical (unpaired) electrons. The van der Waals surface area contributed by atoms with Gasteiger partial charge in [0.15, 0.2) is 0 Å². The normalized spacial score (nSPS) is 13.6. The van der Waals surface area contributed by atoms with Gasteiger partial charge in [0.05, 0.1) is 0 Å². The van der Waals surface area contributed by atoms with E-state index in [-0.39, 0.29) is 0 Å². The van der Waals surface area contributed by atoms with Gasteiger partial charge in [-0.05, 0) is 118 Å². The lowest BCUT2D eigenvalue weighted by molar-refractivity contribution is 0.552. The molecular formula is C52H51N. The topological polar surface area (TPSA) is 3.24 Å². The van der Waals surface area contributed by atoms with Gasteiger partial charge < -0.3 is 4.90 Å². The van der Waals surface area contributed by atoms with Gasteiger partial charge >= 0.3 is 0 Å². The van der Waals surface area contributed by atoms with Gasteiger partial charge in [0.2, 0.25) is 0 Å². The zero-order valence-electron chi connectivity index (χ0n) is 31.2. The van der Waals surface area contributed by atoms with Crippen LogP contribution < -0.4 is 4.90 Å². The van der Waals surface area contributed by atoms with Crippen LogP contribution >= 0.6 is 0 Å². The highest BCUT2D eigenvalue weighted by atomic mass is 15.1. The highest BCUT2D eigenvalue weighted by molar-refractivity contribution is 6.21. The Morgan fingerprint density at radius 1 is 0.472 bits per heavy atom. The van der Waals surface area contributed by atoms with Crippen LogP contribution in [0.2, 0.25) is 0 Å². The summed E-state index contributed by atoms with van der Waals surface area (Å²) in [6.07, 6.45) is 15.7. The summed E-state index contributed by atoms with van der Waals surface area (Å²) in [5, 5.41) is 5.18. The quantitative estimate of drug-likeness (QED) is 0.0662. The van der Waals surface area contributed by atoms with Crippen LogP contribution in [-0.2, 0) is 0 Å². The second-order valence-corrected chi connectivity index (χ2v) is 14.8. The lowest BCUT2D eigenvalue weighted by Gasteiger charge is -2.26. The van der Waals surface area contributed by atoms with Gasteiger partial charge in [-0.15, -0.1) is 0 Å². The molecule has 0 spiro atoms. The minimum absolute atomic E-state index is 0.546. The van der Waals surface area contributed by atoms with Crippen LogP contribution in [0.4, 0.5) is 17.1 Å². The monoisotopic (exact) mass is 689 g/mol. The highest BCUT2D eigenvalue weighted by Gasteiger charge is 2.21. The van der Waals surface area contributed by atoms with E-state index in [0.717, 1.165) is 17.1 Å². The lowest BCUT2D eigenvalue weighted by Crippen LogP contribution is -2.09. The van der Waals surface area contributed by atoms with Crippen LogP contribution in [0, 0.1) is 0 Å². The van der Waals surface area contributed by atoms with E-state index in [1.54, 1.807) is 5.57 Å². The number of nitrogens with zero attached hydrogens (tertiary/aromatic N) is 1. The molecule has 1 atom stereocenters. The molecule has 0 N–H and O–H groups in total. The summed E-state index contributed by atoms with van der Waals surface area (Å²) in [6.45, 7) is 2.31. The predicted octanol–water partition coefficient (Wildman–Crippen LogP) is 15.7. The van der Waals surface area contributed by atoms with Crippen LogP contribution in [0.15, 0.2) is 169 Å². The number of benzene rings is 7. The minimum Gasteiger partial charge on any atom is -0.311 e. The maximum atomic E-state index is 2.57. The first-order chi connectivity index (χ1) is 26.3. The van der Waals surface area contributed by atoms with Crippen LogP contribution in [0.3, 0.4) is 0 Å². The van der Waals surface area contributed by atoms with E-state index in [9.17, 15) is 0 Å². The number of hydrogen-bond acceptors (Lipinski definition) is 1. The lowest BCUT2D eigenvalue weighted by atomic mass is 9.80. The largest absolute Gasteiger partial charge is 0.311 e. The SMILES string of the molecule is CCCCCCCC(C1=CCCCC1)c1ccc(-c2c3ccccc3c(-c3ccc(N(c4ccccc4)c4ccccc4)cc3)c3ccccc23)cc1. The van der Waals surface area contributed by atoms with Crippen LogP contribution in [0.25, 0.3) is 43.8 Å². The van der Waals surface area contributed by atoms with Crippen molar-refractivity contribution >= 4 is 38.6 Å². The summed E-state index contributed by atoms with van der Waals surface area (Å²) in [5.41, 5.74) is 11.7. The fourth-order valence-electron chi connectivity index (χ4n) is 8.71. The standard InChI is InChI=1S/C52H51N/c1-2-3-4-5-15-26-46(39-20-9-6-10-21-39)40-31-33-41(34-32-40)51-47-27-16-18-29-49(47)52(50-30-19-17-28-48(50)51)42-35-37-45(38-36-42)53(43-22-11-7-12-23-43)44-24-13-8-14-25-44/h7-8,11-14,16-20,22-25,27-38,46H,2-6,9-10,15,21,26H2,1H3. The fraction of sp³-hybridized carbons (Fsp3) is 0.231. The van der Waals surface area contributed by atoms with E-state index in [0.29, 0.717) is 5.92 Å². The highest BCUT2D eigenvalue weighted by Crippen LogP contribution is 2.45. The molecule has 0 aromatic heterocycles. The molecule has 0 amide bonds. The number of rotatable bonds is 13. The summed E-state index contributed by atoms with van der Waals surface area (Å²) in [5.74, 6) is 0.546. The molecular weight excluding hydrogens is 639 g/mol. The number of unbranched alkanes of at least 4 members (excludes halogenated alkanes) is 4. The summed E-state index contributed by atoms with van der Waals surface area (Å²) in [7, 11) is 0. The molecule has 1 aliphatic carbocycles. The van der Waals surface area contributed by atoms with Crippen molar-refractivity contribution in [2.45, 2.75) is 77.0 Å². The van der Waals surface area contributed by atoms with Gasteiger partial charge in [0, 0.05) is 23.0 Å². The van der Waals surface area contributed by atoms with Crippen LogP contribution in [0.1, 0.15) is 82.6 Å². The molecule has 0 saturated heterocycles. The number of para-hydroxylation sites is 2. The summed E-state index contributed by atoms with van der Waals surface area (Å²) >= 11 is 0. The first-order valence-electron chi connectivity index (χ1n) is 20.0. The Bertz CT molecular complexity index is 2190. The molecule has 1 unspecified atom stereocenters. The molecule has 1 aliphatic rings. The molecule has 264 valence electrons. The van der Waals surface area contributed by atoms with Gasteiger partial charge in [-0.2, -0.15) is 0 Å². The Morgan fingerprint density at radius 3 is 1.43 bits per heavy atom. The van der Waals surface area contributed by atoms with Gasteiger partial charge in [-0.25, -0.2) is 0 Å². The Balaban J connectivity index is 1.18. The first kappa shape index (κ1) is 34.7. The van der Waals surface area contributed by atoms with E-state index in [1.807, 2.05) is 0 Å². The molecule has 53 heavy (non-hydrogen) atoms. The predicted molar refractivity (Wildman–Crippen MR) is 230 cm³/mol. The number of fused-ring (bicyclic) bond motifs is 2. The number of anilines is 3. The van der Waals surface area contributed by atoms with Gasteiger partial charge in [-0.1, -0.05) is 172 Å². The van der Waals surface area contributed by atoms with E-state index in [1.165, 1.54) is 114 Å². The maximum Gasteiger partial charge on any atom is 0.0462 e. The van der Waals surface area contributed by atoms with E-state index in [4.69, 9.17) is 0 Å². The minimum atomic E-state index is 0.546. The average Bonchev–Trinajstić information content (AvgIpc) is 3.23. The molecule has 0 bridgehead atoms. The maximum absolute atomic E-state index is 2.57. The van der Waals surface area contributed by atoms with Crippen molar-refractivity contribution in [3.8, 4) is 22.3 Å². The number of allylic oxidation sites excluding steroid dienone is 2. The molecule has 7 aromatic rings. The van der Waals surface area contributed by atoms with Crippen molar-refractivity contribution in [1.29, 1.82) is 0 Å². The molecule has 0 aliphatic heterocycles. The second-order valence-electron chi connectivity index (χ2n) is 14.8. The molecule has 0 saturated carbocycles. The number of hydrogen-bond donors (Lipinski definition) is 0. The van der Waals surface area contributed by atoms with E-state index >= 15 is 0 Å². The van der Waals surface area contributed by atoms with Crippen molar-refractivity contribution in [2.24, 2.45) is 0 Å². The van der Waals surface area contributed by atoms with Gasteiger partial charge in [0.1, 0.15) is 0 Å². The first-order valence-corrected chi connectivity index (χ1v) is 20.0. The van der Waals surface area contributed by atoms with Gasteiger partial charge in [-0.3, -0.25) is 0 Å². The van der Waals surface area contributed by atoms with E-state index < -0.39 is 0 Å². The smallest absolute Gasteiger partial charge is 0.0462 e. The van der Waals surface area contributed by atoms with Crippen molar-refractivity contribution in [3.05, 3.63) is 175 Å². The zero-order valence-corrected chi connectivity index (χ0v) is 31.2. The Morgan fingerprint density at radius 2 is 0.943 bits per heavy atom. The third kappa shape index (κ3) is 7.44. The summed E-state index contributed by atoms with van der Waals surface area (Å²) in [6, 6.07) is 58.2. The summed E-state index contributed by atoms with van der Waals surface area (Å²) in [4.78, 5) is 2.33. The van der Waals surface area contributed by atoms with Crippen LogP contribution in [0.5, 0.6) is 0 Å². The van der Waals surface area contributed by atoms with E-state index in [2.05, 4.69) is 176 Å². The fourth-order valence-corrected chi connectivity index (χ4v) is 8.71. The molecule has 7 aromatic carbocycles. The second kappa shape index (κ2) is 16.5. The Kier molecular flexibility index (Phi) is 10.8. The Hall–Kier alpha value is -5.40. The van der Waals surface area contributed by atoms with Crippen molar-refractivity contribution in [2.75, 3.05) is 4.90 Å². The molecule has 0 heterocycles. The Labute approximate surface area is 316 Å². The van der Waals surface area contributed by atoms with Crippen molar-refractivity contribution < 1.29 is 0 Å².